The summed E-state index contributed by atoms with van der Waals surface area (Å²) in [6.45, 7) is 4.44. The van der Waals surface area contributed by atoms with Gasteiger partial charge in [0.05, 0.1) is 5.92 Å². The number of hydrogen-bond acceptors (Lipinski definition) is 3. The van der Waals surface area contributed by atoms with Crippen molar-refractivity contribution < 1.29 is 19.5 Å². The van der Waals surface area contributed by atoms with Gasteiger partial charge in [-0.15, -0.1) is 0 Å². The van der Waals surface area contributed by atoms with Crippen molar-refractivity contribution in [2.75, 3.05) is 0 Å². The minimum Gasteiger partial charge on any atom is -0.481 e. The van der Waals surface area contributed by atoms with Crippen molar-refractivity contribution in [3.63, 3.8) is 0 Å². The van der Waals surface area contributed by atoms with Gasteiger partial charge < -0.3 is 15.3 Å². The first-order valence-electron chi connectivity index (χ1n) is 9.74. The third kappa shape index (κ3) is 4.49. The molecule has 0 spiro atoms. The van der Waals surface area contributed by atoms with E-state index in [4.69, 9.17) is 5.11 Å². The molecule has 1 saturated carbocycles. The third-order valence-electron chi connectivity index (χ3n) is 5.58. The van der Waals surface area contributed by atoms with E-state index in [0.29, 0.717) is 38.6 Å². The molecular weight excluding hydrogens is 344 g/mol. The number of nitrogens with zero attached hydrogens (tertiary/aromatic N) is 1. The van der Waals surface area contributed by atoms with Crippen molar-refractivity contribution in [1.82, 2.24) is 10.2 Å². The maximum atomic E-state index is 13.0. The second kappa shape index (κ2) is 8.11. The Balaban J connectivity index is 1.74. The van der Waals surface area contributed by atoms with Crippen LogP contribution in [0.3, 0.4) is 0 Å². The molecule has 1 aliphatic carbocycles. The summed E-state index contributed by atoms with van der Waals surface area (Å²) < 4.78 is 0. The highest BCUT2D eigenvalue weighted by Gasteiger charge is 2.37. The average molecular weight is 372 g/mol. The van der Waals surface area contributed by atoms with Gasteiger partial charge in [-0.2, -0.15) is 0 Å². The van der Waals surface area contributed by atoms with Gasteiger partial charge in [-0.25, -0.2) is 0 Å². The van der Waals surface area contributed by atoms with Crippen LogP contribution in [-0.2, 0) is 27.3 Å². The van der Waals surface area contributed by atoms with Crippen LogP contribution in [0.1, 0.15) is 50.7 Å². The highest BCUT2D eigenvalue weighted by Crippen LogP contribution is 2.28. The minimum atomic E-state index is -0.799. The van der Waals surface area contributed by atoms with Crippen molar-refractivity contribution in [2.24, 2.45) is 11.8 Å². The fraction of sp³-hybridized carbons (Fsp3) is 0.571. The number of carbonyl (C=O) groups excluding carboxylic acids is 2. The Labute approximate surface area is 159 Å². The predicted molar refractivity (Wildman–Crippen MR) is 101 cm³/mol. The molecule has 6 nitrogen and oxygen atoms in total. The summed E-state index contributed by atoms with van der Waals surface area (Å²) in [7, 11) is 0. The van der Waals surface area contributed by atoms with Crippen LogP contribution in [-0.4, -0.2) is 39.9 Å². The molecule has 0 aromatic heterocycles. The van der Waals surface area contributed by atoms with Crippen molar-refractivity contribution in [3.05, 3.63) is 35.4 Å². The Bertz CT molecular complexity index is 731. The lowest BCUT2D eigenvalue weighted by atomic mass is 9.92. The van der Waals surface area contributed by atoms with E-state index in [0.717, 1.165) is 11.1 Å². The number of rotatable bonds is 5. The Hall–Kier alpha value is -2.37. The Morgan fingerprint density at radius 1 is 1.19 bits per heavy atom. The van der Waals surface area contributed by atoms with Gasteiger partial charge in [0, 0.05) is 25.4 Å². The number of nitrogens with one attached hydrogen (secondary N) is 1. The lowest BCUT2D eigenvalue weighted by Gasteiger charge is -2.37. The molecule has 0 bridgehead atoms. The third-order valence-corrected chi connectivity index (χ3v) is 5.58. The Morgan fingerprint density at radius 2 is 1.89 bits per heavy atom. The number of hydrogen-bond donors (Lipinski definition) is 2. The summed E-state index contributed by atoms with van der Waals surface area (Å²) in [5.74, 6) is -1.13. The van der Waals surface area contributed by atoms with Gasteiger partial charge in [-0.1, -0.05) is 38.1 Å². The largest absolute Gasteiger partial charge is 0.481 e. The van der Waals surface area contributed by atoms with Crippen LogP contribution < -0.4 is 5.32 Å². The van der Waals surface area contributed by atoms with Gasteiger partial charge in [0.1, 0.15) is 6.04 Å². The van der Waals surface area contributed by atoms with Crippen LogP contribution in [0.15, 0.2) is 24.3 Å². The molecule has 2 amide bonds. The summed E-state index contributed by atoms with van der Waals surface area (Å²) in [4.78, 5) is 38.6. The number of carboxylic acid groups (broad SMARTS) is 1. The number of fused-ring (bicyclic) bond motifs is 1. The number of carboxylic acids is 1. The lowest BCUT2D eigenvalue weighted by molar-refractivity contribution is -0.142. The first kappa shape index (κ1) is 19.4. The van der Waals surface area contributed by atoms with E-state index in [1.54, 1.807) is 4.90 Å². The molecule has 6 heteroatoms. The molecule has 1 fully saturated rings. The molecule has 1 aliphatic heterocycles. The number of benzene rings is 1. The SMILES string of the molecule is CC(C)CC(=O)N1Cc2ccccc2CC1C(=O)N[C@@H]1CC[C@H](C(=O)O)C1. The zero-order valence-corrected chi connectivity index (χ0v) is 16.0. The maximum absolute atomic E-state index is 13.0. The summed E-state index contributed by atoms with van der Waals surface area (Å²) in [5.41, 5.74) is 2.19. The highest BCUT2D eigenvalue weighted by atomic mass is 16.4. The molecule has 3 rings (SSSR count). The number of amides is 2. The topological polar surface area (TPSA) is 86.7 Å². The molecule has 0 radical (unpaired) electrons. The van der Waals surface area contributed by atoms with Gasteiger partial charge in [-0.05, 0) is 36.3 Å². The summed E-state index contributed by atoms with van der Waals surface area (Å²) in [6.07, 6.45) is 2.64. The second-order valence-electron chi connectivity index (χ2n) is 8.16. The predicted octanol–water partition coefficient (Wildman–Crippen LogP) is 2.36. The minimum absolute atomic E-state index is 0.00510. The van der Waals surface area contributed by atoms with Gasteiger partial charge in [0.25, 0.3) is 0 Å². The van der Waals surface area contributed by atoms with E-state index in [9.17, 15) is 14.4 Å². The van der Waals surface area contributed by atoms with E-state index in [1.807, 2.05) is 38.1 Å². The summed E-state index contributed by atoms with van der Waals surface area (Å²) in [6, 6.07) is 7.26. The van der Waals surface area contributed by atoms with Gasteiger partial charge >= 0.3 is 5.97 Å². The fourth-order valence-electron chi connectivity index (χ4n) is 4.12. The van der Waals surface area contributed by atoms with Crippen molar-refractivity contribution in [2.45, 2.75) is 64.6 Å². The first-order chi connectivity index (χ1) is 12.8. The fourth-order valence-corrected chi connectivity index (χ4v) is 4.12. The van der Waals surface area contributed by atoms with Crippen LogP contribution in [0, 0.1) is 11.8 Å². The smallest absolute Gasteiger partial charge is 0.306 e. The van der Waals surface area contributed by atoms with Crippen LogP contribution in [0.5, 0.6) is 0 Å². The molecule has 3 atom stereocenters. The zero-order valence-electron chi connectivity index (χ0n) is 16.0. The van der Waals surface area contributed by atoms with E-state index in [2.05, 4.69) is 5.32 Å². The quantitative estimate of drug-likeness (QED) is 0.831. The lowest BCUT2D eigenvalue weighted by Crippen LogP contribution is -2.54. The molecule has 2 aliphatic rings. The highest BCUT2D eigenvalue weighted by molar-refractivity contribution is 5.89. The van der Waals surface area contributed by atoms with Crippen molar-refractivity contribution in [3.8, 4) is 0 Å². The molecular formula is C21H28N2O4. The summed E-state index contributed by atoms with van der Waals surface area (Å²) >= 11 is 0. The van der Waals surface area contributed by atoms with Crippen LogP contribution in [0.4, 0.5) is 0 Å². The van der Waals surface area contributed by atoms with E-state index < -0.39 is 12.0 Å². The monoisotopic (exact) mass is 372 g/mol. The second-order valence-corrected chi connectivity index (χ2v) is 8.16. The molecule has 1 unspecified atom stereocenters. The van der Waals surface area contributed by atoms with Crippen molar-refractivity contribution >= 4 is 17.8 Å². The van der Waals surface area contributed by atoms with Gasteiger partial charge in [-0.3, -0.25) is 14.4 Å². The van der Waals surface area contributed by atoms with Gasteiger partial charge in [0.15, 0.2) is 0 Å². The molecule has 27 heavy (non-hydrogen) atoms. The number of carbonyl (C=O) groups is 3. The van der Waals surface area contributed by atoms with E-state index in [1.165, 1.54) is 0 Å². The zero-order chi connectivity index (χ0) is 19.6. The molecule has 1 aromatic rings. The van der Waals surface area contributed by atoms with Crippen LogP contribution >= 0.6 is 0 Å². The van der Waals surface area contributed by atoms with Crippen LogP contribution in [0.25, 0.3) is 0 Å². The molecule has 2 N–H and O–H groups in total. The van der Waals surface area contributed by atoms with Gasteiger partial charge in [0.2, 0.25) is 11.8 Å². The summed E-state index contributed by atoms with van der Waals surface area (Å²) in [5, 5.41) is 12.2. The first-order valence-corrected chi connectivity index (χ1v) is 9.74. The van der Waals surface area contributed by atoms with Crippen LogP contribution in [0.2, 0.25) is 0 Å². The molecule has 146 valence electrons. The normalized spacial score (nSPS) is 24.6. The maximum Gasteiger partial charge on any atom is 0.306 e. The molecule has 1 heterocycles. The number of aliphatic carboxylic acids is 1. The Kier molecular flexibility index (Phi) is 5.82. The standard InChI is InChI=1S/C21H28N2O4/c1-13(2)9-19(24)23-12-16-6-4-3-5-14(16)11-18(23)20(25)22-17-8-7-15(10-17)21(26)27/h3-6,13,15,17-18H,7-12H2,1-2H3,(H,22,25)(H,26,27)/t15-,17+,18?/m0/s1. The molecule has 0 saturated heterocycles. The molecule has 1 aromatic carbocycles. The average Bonchev–Trinajstić information content (AvgIpc) is 3.08. The Morgan fingerprint density at radius 3 is 2.52 bits per heavy atom. The van der Waals surface area contributed by atoms with E-state index in [-0.39, 0.29) is 29.7 Å². The van der Waals surface area contributed by atoms with E-state index >= 15 is 0 Å². The van der Waals surface area contributed by atoms with Crippen molar-refractivity contribution in [1.29, 1.82) is 0 Å².